The molecule has 6 heteroatoms. The van der Waals surface area contributed by atoms with Crippen LogP contribution < -0.4 is 5.32 Å². The fourth-order valence-corrected chi connectivity index (χ4v) is 3.09. The van der Waals surface area contributed by atoms with Crippen LogP contribution in [-0.2, 0) is 0 Å². The van der Waals surface area contributed by atoms with Crippen molar-refractivity contribution in [1.82, 2.24) is 20.0 Å². The molecule has 3 rings (SSSR count). The summed E-state index contributed by atoms with van der Waals surface area (Å²) in [5, 5.41) is 7.71. The van der Waals surface area contributed by atoms with Gasteiger partial charge in [0, 0.05) is 24.1 Å². The van der Waals surface area contributed by atoms with Crippen molar-refractivity contribution in [3.05, 3.63) is 46.2 Å². The van der Waals surface area contributed by atoms with Crippen LogP contribution in [0.2, 0.25) is 0 Å². The Morgan fingerprint density at radius 3 is 3.00 bits per heavy atom. The van der Waals surface area contributed by atoms with Gasteiger partial charge < -0.3 is 10.2 Å². The lowest BCUT2D eigenvalue weighted by Crippen LogP contribution is -2.34. The van der Waals surface area contributed by atoms with Gasteiger partial charge in [-0.25, -0.2) is 4.68 Å². The number of nitrogens with one attached hydrogen (secondary N) is 1. The number of halogens is 1. The highest BCUT2D eigenvalue weighted by molar-refractivity contribution is 9.10. The van der Waals surface area contributed by atoms with Crippen LogP contribution in [0.3, 0.4) is 0 Å². The van der Waals surface area contributed by atoms with E-state index in [-0.39, 0.29) is 5.91 Å². The van der Waals surface area contributed by atoms with Crippen molar-refractivity contribution < 1.29 is 4.79 Å². The molecule has 0 saturated carbocycles. The van der Waals surface area contributed by atoms with Gasteiger partial charge in [0.25, 0.3) is 5.91 Å². The topological polar surface area (TPSA) is 50.2 Å². The molecule has 0 unspecified atom stereocenters. The molecular formula is C16H19BrN4O. The summed E-state index contributed by atoms with van der Waals surface area (Å²) >= 11 is 3.47. The second kappa shape index (κ2) is 6.62. The molecule has 1 aliphatic heterocycles. The Morgan fingerprint density at radius 1 is 1.32 bits per heavy atom. The van der Waals surface area contributed by atoms with E-state index in [0.717, 1.165) is 48.5 Å². The molecule has 1 aromatic carbocycles. The molecule has 5 nitrogen and oxygen atoms in total. The van der Waals surface area contributed by atoms with Gasteiger partial charge in [-0.15, -0.1) is 0 Å². The van der Waals surface area contributed by atoms with Gasteiger partial charge in [-0.1, -0.05) is 22.0 Å². The van der Waals surface area contributed by atoms with Crippen molar-refractivity contribution in [2.75, 3.05) is 26.2 Å². The predicted molar refractivity (Wildman–Crippen MR) is 89.4 cm³/mol. The van der Waals surface area contributed by atoms with Gasteiger partial charge in [0.2, 0.25) is 0 Å². The van der Waals surface area contributed by atoms with E-state index in [1.165, 1.54) is 0 Å². The third-order valence-corrected chi connectivity index (χ3v) is 4.41. The molecule has 1 fully saturated rings. The summed E-state index contributed by atoms with van der Waals surface area (Å²) in [5.41, 5.74) is 2.51. The fraction of sp³-hybridized carbons (Fsp3) is 0.375. The minimum absolute atomic E-state index is 0.0717. The molecule has 0 radical (unpaired) electrons. The number of hydrogen-bond donors (Lipinski definition) is 1. The second-order valence-corrected chi connectivity index (χ2v) is 6.35. The first-order valence-electron chi connectivity index (χ1n) is 7.47. The molecule has 1 amide bonds. The summed E-state index contributed by atoms with van der Waals surface area (Å²) in [4.78, 5) is 14.6. The van der Waals surface area contributed by atoms with Gasteiger partial charge in [-0.2, -0.15) is 5.10 Å². The van der Waals surface area contributed by atoms with E-state index < -0.39 is 0 Å². The first-order valence-corrected chi connectivity index (χ1v) is 8.26. The lowest BCUT2D eigenvalue weighted by atomic mass is 10.2. The molecule has 0 aliphatic carbocycles. The Morgan fingerprint density at radius 2 is 2.18 bits per heavy atom. The lowest BCUT2D eigenvalue weighted by molar-refractivity contribution is 0.0765. The van der Waals surface area contributed by atoms with E-state index in [9.17, 15) is 4.79 Å². The summed E-state index contributed by atoms with van der Waals surface area (Å²) in [6.07, 6.45) is 2.67. The average Bonchev–Trinajstić information content (AvgIpc) is 2.73. The monoisotopic (exact) mass is 362 g/mol. The summed E-state index contributed by atoms with van der Waals surface area (Å²) in [6, 6.07) is 7.90. The fourth-order valence-electron chi connectivity index (χ4n) is 2.71. The molecule has 22 heavy (non-hydrogen) atoms. The molecule has 1 N–H and O–H groups in total. The predicted octanol–water partition coefficient (Wildman–Crippen LogP) is 2.38. The second-order valence-electron chi connectivity index (χ2n) is 5.43. The minimum atomic E-state index is 0.0717. The number of carbonyl (C=O) groups is 1. The molecule has 2 aromatic rings. The normalized spacial score (nSPS) is 15.6. The van der Waals surface area contributed by atoms with Crippen LogP contribution in [0, 0.1) is 6.92 Å². The van der Waals surface area contributed by atoms with E-state index in [1.807, 2.05) is 40.8 Å². The molecule has 0 bridgehead atoms. The molecule has 0 atom stereocenters. The third-order valence-electron chi connectivity index (χ3n) is 3.92. The molecule has 1 aliphatic rings. The van der Waals surface area contributed by atoms with E-state index >= 15 is 0 Å². The molecule has 116 valence electrons. The lowest BCUT2D eigenvalue weighted by Gasteiger charge is -2.19. The van der Waals surface area contributed by atoms with Crippen molar-refractivity contribution in [2.24, 2.45) is 0 Å². The maximum atomic E-state index is 12.7. The smallest absolute Gasteiger partial charge is 0.257 e. The minimum Gasteiger partial charge on any atom is -0.337 e. The summed E-state index contributed by atoms with van der Waals surface area (Å²) in [5.74, 6) is 0.0717. The number of rotatable bonds is 2. The van der Waals surface area contributed by atoms with Gasteiger partial charge in [0.15, 0.2) is 0 Å². The van der Waals surface area contributed by atoms with Gasteiger partial charge in [-0.05, 0) is 38.1 Å². The van der Waals surface area contributed by atoms with Crippen molar-refractivity contribution in [2.45, 2.75) is 13.3 Å². The zero-order valence-corrected chi connectivity index (χ0v) is 14.1. The summed E-state index contributed by atoms with van der Waals surface area (Å²) < 4.78 is 2.81. The largest absolute Gasteiger partial charge is 0.337 e. The Labute approximate surface area is 138 Å². The van der Waals surface area contributed by atoms with Crippen molar-refractivity contribution >= 4 is 21.8 Å². The molecule has 1 aromatic heterocycles. The Balaban J connectivity index is 1.88. The first-order chi connectivity index (χ1) is 10.7. The third kappa shape index (κ3) is 3.08. The van der Waals surface area contributed by atoms with Crippen LogP contribution in [0.1, 0.15) is 22.5 Å². The van der Waals surface area contributed by atoms with Crippen LogP contribution in [0.15, 0.2) is 34.9 Å². The zero-order chi connectivity index (χ0) is 15.5. The van der Waals surface area contributed by atoms with E-state index in [2.05, 4.69) is 26.3 Å². The van der Waals surface area contributed by atoms with E-state index in [0.29, 0.717) is 5.56 Å². The SMILES string of the molecule is Cc1c(C(=O)N2CCCNCC2)cnn1-c1cccc(Br)c1. The van der Waals surface area contributed by atoms with E-state index in [1.54, 1.807) is 6.20 Å². The molecule has 2 heterocycles. The van der Waals surface area contributed by atoms with Gasteiger partial charge in [-0.3, -0.25) is 4.79 Å². The maximum absolute atomic E-state index is 12.7. The molecular weight excluding hydrogens is 344 g/mol. The van der Waals surface area contributed by atoms with Gasteiger partial charge >= 0.3 is 0 Å². The van der Waals surface area contributed by atoms with Gasteiger partial charge in [0.1, 0.15) is 0 Å². The van der Waals surface area contributed by atoms with Crippen LogP contribution in [-0.4, -0.2) is 46.8 Å². The number of aromatic nitrogens is 2. The van der Waals surface area contributed by atoms with Crippen molar-refractivity contribution in [1.29, 1.82) is 0 Å². The maximum Gasteiger partial charge on any atom is 0.257 e. The average molecular weight is 363 g/mol. The highest BCUT2D eigenvalue weighted by Gasteiger charge is 2.21. The Bertz CT molecular complexity index is 675. The van der Waals surface area contributed by atoms with Crippen LogP contribution in [0.5, 0.6) is 0 Å². The molecule has 1 saturated heterocycles. The van der Waals surface area contributed by atoms with Crippen LogP contribution in [0.4, 0.5) is 0 Å². The van der Waals surface area contributed by atoms with Crippen molar-refractivity contribution in [3.63, 3.8) is 0 Å². The van der Waals surface area contributed by atoms with Crippen LogP contribution in [0.25, 0.3) is 5.69 Å². The highest BCUT2D eigenvalue weighted by atomic mass is 79.9. The first kappa shape index (κ1) is 15.2. The standard InChI is InChI=1S/C16H19BrN4O/c1-12-15(16(22)20-8-3-6-18-7-9-20)11-19-21(12)14-5-2-4-13(17)10-14/h2,4-5,10-11,18H,3,6-9H2,1H3. The van der Waals surface area contributed by atoms with E-state index in [4.69, 9.17) is 0 Å². The Kier molecular flexibility index (Phi) is 4.59. The summed E-state index contributed by atoms with van der Waals surface area (Å²) in [7, 11) is 0. The number of carbonyl (C=O) groups excluding carboxylic acids is 1. The molecule has 0 spiro atoms. The van der Waals surface area contributed by atoms with Crippen LogP contribution >= 0.6 is 15.9 Å². The zero-order valence-electron chi connectivity index (χ0n) is 12.6. The van der Waals surface area contributed by atoms with Crippen molar-refractivity contribution in [3.8, 4) is 5.69 Å². The number of hydrogen-bond acceptors (Lipinski definition) is 3. The summed E-state index contributed by atoms with van der Waals surface area (Å²) in [6.45, 7) is 5.31. The quantitative estimate of drug-likeness (QED) is 0.892. The Hall–Kier alpha value is -1.66. The number of nitrogens with zero attached hydrogens (tertiary/aromatic N) is 3. The number of benzene rings is 1. The highest BCUT2D eigenvalue weighted by Crippen LogP contribution is 2.19. The van der Waals surface area contributed by atoms with Gasteiger partial charge in [0.05, 0.1) is 23.1 Å². The number of amides is 1.